The summed E-state index contributed by atoms with van der Waals surface area (Å²) in [5, 5.41) is 0. The first kappa shape index (κ1) is 41.0. The van der Waals surface area contributed by atoms with Crippen molar-refractivity contribution in [2.45, 2.75) is 128 Å². The molecule has 0 aromatic carbocycles. The highest BCUT2D eigenvalue weighted by atomic mass is 16.2. The van der Waals surface area contributed by atoms with Crippen LogP contribution in [0.4, 0.5) is 0 Å². The van der Waals surface area contributed by atoms with Gasteiger partial charge in [-0.1, -0.05) is 61.8 Å². The minimum atomic E-state index is -0.343. The summed E-state index contributed by atoms with van der Waals surface area (Å²) in [6, 6.07) is 7.34. The van der Waals surface area contributed by atoms with Crippen LogP contribution in [0.5, 0.6) is 0 Å². The normalized spacial score (nSPS) is 28.3. The Hall–Kier alpha value is -3.76. The highest BCUT2D eigenvalue weighted by molar-refractivity contribution is 5.80. The van der Waals surface area contributed by atoms with Crippen molar-refractivity contribution in [3.8, 4) is 0 Å². The van der Waals surface area contributed by atoms with Crippen LogP contribution in [0.25, 0.3) is 0 Å². The second-order valence-corrected chi connectivity index (χ2v) is 19.3. The maximum Gasteiger partial charge on any atom is 0.248 e. The van der Waals surface area contributed by atoms with E-state index >= 15 is 0 Å². The molecule has 4 bridgehead atoms. The fourth-order valence-corrected chi connectivity index (χ4v) is 13.0. The largest absolute Gasteiger partial charge is 0.331 e. The molecule has 4 heterocycles. The van der Waals surface area contributed by atoms with Crippen LogP contribution >= 0.6 is 0 Å². The molecule has 6 aliphatic rings. The van der Waals surface area contributed by atoms with E-state index in [1.807, 2.05) is 12.1 Å². The molecule has 6 atom stereocenters. The van der Waals surface area contributed by atoms with E-state index in [4.69, 9.17) is 0 Å². The molecule has 2 aliphatic heterocycles. The second kappa shape index (κ2) is 17.1. The number of carbonyl (C=O) groups is 2. The Bertz CT molecular complexity index is 1890. The van der Waals surface area contributed by atoms with Gasteiger partial charge in [0, 0.05) is 36.6 Å². The molecule has 2 aromatic rings. The molecule has 2 fully saturated rings. The zero-order valence-electron chi connectivity index (χ0n) is 35.8. The number of likely N-dealkylation sites (tertiary alicyclic amines) is 2. The van der Waals surface area contributed by atoms with E-state index in [1.54, 1.807) is 12.1 Å². The van der Waals surface area contributed by atoms with Gasteiger partial charge in [0.25, 0.3) is 0 Å². The molecule has 10 nitrogen and oxygen atoms in total. The molecule has 4 aliphatic carbocycles. The third kappa shape index (κ3) is 7.73. The van der Waals surface area contributed by atoms with Gasteiger partial charge in [0.2, 0.25) is 22.9 Å². The van der Waals surface area contributed by atoms with Gasteiger partial charge in [0.15, 0.2) is 0 Å². The number of nitrogens with one attached hydrogen (secondary N) is 2. The van der Waals surface area contributed by atoms with Gasteiger partial charge in [-0.2, -0.15) is 0 Å². The number of piperidine rings is 2. The molecule has 2 saturated heterocycles. The number of unbranched alkanes of at least 4 members (excludes halogenated alkanes) is 7. The van der Waals surface area contributed by atoms with Crippen molar-refractivity contribution in [2.75, 3.05) is 53.4 Å². The van der Waals surface area contributed by atoms with Gasteiger partial charge in [0.05, 0.1) is 24.2 Å². The van der Waals surface area contributed by atoms with Crippen LogP contribution in [-0.2, 0) is 33.5 Å². The summed E-state index contributed by atoms with van der Waals surface area (Å²) in [6.45, 7) is 8.72. The number of nitrogens with zero attached hydrogens (tertiary/aromatic N) is 4. The maximum atomic E-state index is 14.1. The first-order valence-electron chi connectivity index (χ1n) is 22.8. The minimum absolute atomic E-state index is 0.0528. The van der Waals surface area contributed by atoms with Crippen molar-refractivity contribution in [1.29, 1.82) is 0 Å². The molecule has 4 unspecified atom stereocenters. The maximum absolute atomic E-state index is 14.1. The van der Waals surface area contributed by atoms with Crippen LogP contribution in [0.3, 0.4) is 0 Å². The number of aromatic amines is 2. The van der Waals surface area contributed by atoms with Gasteiger partial charge in [-0.3, -0.25) is 29.0 Å². The Morgan fingerprint density at radius 1 is 0.638 bits per heavy atom. The van der Waals surface area contributed by atoms with E-state index < -0.39 is 0 Å². The predicted octanol–water partition coefficient (Wildman–Crippen LogP) is 6.66. The lowest BCUT2D eigenvalue weighted by molar-refractivity contribution is -0.149. The molecule has 2 aromatic heterocycles. The molecule has 2 N–H and O–H groups in total. The van der Waals surface area contributed by atoms with Crippen molar-refractivity contribution in [2.24, 2.45) is 23.7 Å². The van der Waals surface area contributed by atoms with Crippen LogP contribution in [0.15, 0.2) is 57.2 Å². The Morgan fingerprint density at radius 3 is 1.45 bits per heavy atom. The highest BCUT2D eigenvalue weighted by Gasteiger charge is 2.58. The number of rotatable bonds is 15. The minimum Gasteiger partial charge on any atom is -0.331 e. The fourth-order valence-electron chi connectivity index (χ4n) is 13.0. The topological polar surface area (TPSA) is 113 Å². The number of H-pyrrole nitrogens is 2. The summed E-state index contributed by atoms with van der Waals surface area (Å²) in [7, 11) is 4.18. The average molecular weight is 793 g/mol. The van der Waals surface area contributed by atoms with Gasteiger partial charge in [-0.25, -0.2) is 0 Å². The molecule has 0 saturated carbocycles. The average Bonchev–Trinajstić information content (AvgIpc) is 3.17. The summed E-state index contributed by atoms with van der Waals surface area (Å²) >= 11 is 0. The predicted molar refractivity (Wildman–Crippen MR) is 229 cm³/mol. The number of hydrogen-bond acceptors (Lipinski definition) is 6. The number of fused-ring (bicyclic) bond motifs is 2. The van der Waals surface area contributed by atoms with Crippen LogP contribution in [0, 0.1) is 23.7 Å². The van der Waals surface area contributed by atoms with Crippen LogP contribution in [0.1, 0.15) is 126 Å². The smallest absolute Gasteiger partial charge is 0.248 e. The van der Waals surface area contributed by atoms with Crippen molar-refractivity contribution < 1.29 is 9.59 Å². The van der Waals surface area contributed by atoms with Gasteiger partial charge in [0.1, 0.15) is 0 Å². The summed E-state index contributed by atoms with van der Waals surface area (Å²) in [4.78, 5) is 67.8. The molecule has 8 rings (SSSR count). The number of aromatic nitrogens is 2. The third-order valence-electron chi connectivity index (χ3n) is 15.2. The van der Waals surface area contributed by atoms with Crippen molar-refractivity contribution >= 4 is 11.8 Å². The number of amides is 2. The van der Waals surface area contributed by atoms with Gasteiger partial charge in [-0.15, -0.1) is 0 Å². The molecule has 0 spiro atoms. The molecule has 10 heteroatoms. The Balaban J connectivity index is 0.734. The highest BCUT2D eigenvalue weighted by Crippen LogP contribution is 2.58. The molecular weight excluding hydrogens is 725 g/mol. The van der Waals surface area contributed by atoms with E-state index in [1.165, 1.54) is 60.8 Å². The van der Waals surface area contributed by atoms with Gasteiger partial charge in [-0.05, 0) is 152 Å². The molecule has 58 heavy (non-hydrogen) atoms. The molecular formula is C48H68N6O4. The lowest BCUT2D eigenvalue weighted by Crippen LogP contribution is -2.63. The molecule has 2 amide bonds. The zero-order chi connectivity index (χ0) is 40.6. The fraction of sp³-hybridized carbons (Fsp3) is 0.667. The van der Waals surface area contributed by atoms with Crippen LogP contribution < -0.4 is 11.1 Å². The van der Waals surface area contributed by atoms with E-state index in [0.717, 1.165) is 102 Å². The van der Waals surface area contributed by atoms with Gasteiger partial charge >= 0.3 is 0 Å². The van der Waals surface area contributed by atoms with Crippen molar-refractivity contribution in [1.82, 2.24) is 29.6 Å². The van der Waals surface area contributed by atoms with E-state index in [0.29, 0.717) is 36.8 Å². The molecule has 0 radical (unpaired) electrons. The second-order valence-electron chi connectivity index (χ2n) is 19.3. The third-order valence-corrected chi connectivity index (χ3v) is 15.2. The van der Waals surface area contributed by atoms with E-state index in [9.17, 15) is 19.2 Å². The number of likely N-dealkylation sites (N-methyl/N-ethyl adjacent to an activating group) is 2. The van der Waals surface area contributed by atoms with Gasteiger partial charge < -0.3 is 19.8 Å². The lowest BCUT2D eigenvalue weighted by Gasteiger charge is -2.59. The number of pyridine rings is 2. The number of allylic oxidation sites excluding steroid dienone is 2. The Kier molecular flexibility index (Phi) is 12.1. The van der Waals surface area contributed by atoms with E-state index in [2.05, 4.69) is 69.7 Å². The monoisotopic (exact) mass is 793 g/mol. The standard InChI is InChI=1S/C48H68N6O4/c1-33-25-35-27-41-39(17-19-43(55)49-41)47(29-33)37(35)15-13-23-53(47)45(57)31-51(3)21-11-9-7-5-6-8-10-12-22-52(4)32-46(58)54-24-14-16-38-36-26-34(2)30-48(38,54)40-18-20-44(56)50-42(40)28-36/h17-20,25-26,35-38H,5-16,21-24,27-32H2,1-4H3,(H,49,55)(H,50,56)/t35?,36?,37?,38?,47-,48-/m1/s1. The Morgan fingerprint density at radius 2 is 1.03 bits per heavy atom. The summed E-state index contributed by atoms with van der Waals surface area (Å²) in [6.07, 6.45) is 22.1. The zero-order valence-corrected chi connectivity index (χ0v) is 35.8. The summed E-state index contributed by atoms with van der Waals surface area (Å²) < 4.78 is 0. The molecule has 314 valence electrons. The summed E-state index contributed by atoms with van der Waals surface area (Å²) in [5.41, 5.74) is 6.32. The lowest BCUT2D eigenvalue weighted by atomic mass is 9.56. The summed E-state index contributed by atoms with van der Waals surface area (Å²) in [5.74, 6) is 2.01. The number of carbonyl (C=O) groups excluding carboxylic acids is 2. The van der Waals surface area contributed by atoms with Crippen LogP contribution in [-0.4, -0.2) is 94.7 Å². The van der Waals surface area contributed by atoms with Crippen molar-refractivity contribution in [3.05, 3.63) is 90.8 Å². The number of hydrogen-bond donors (Lipinski definition) is 2. The first-order valence-corrected chi connectivity index (χ1v) is 22.8. The van der Waals surface area contributed by atoms with Crippen LogP contribution in [0.2, 0.25) is 0 Å². The quantitative estimate of drug-likeness (QED) is 0.154. The Labute approximate surface area is 345 Å². The van der Waals surface area contributed by atoms with E-state index in [-0.39, 0.29) is 34.0 Å². The van der Waals surface area contributed by atoms with Crippen molar-refractivity contribution in [3.63, 3.8) is 0 Å². The first-order chi connectivity index (χ1) is 28.0. The SMILES string of the molecule is CC1=CC2Cc3[nH]c(=O)ccc3[C@@]3(C1)C2CCCN3C(=O)CN(C)CCCCCCCCCCN(C)CC(=O)N1CCCC2C3C=C(C)C[C@]21c1ccc(=O)[nH]c1C3.